The van der Waals surface area contributed by atoms with Gasteiger partial charge in [0.05, 0.1) is 26.2 Å². The second-order valence-corrected chi connectivity index (χ2v) is 12.0. The van der Waals surface area contributed by atoms with E-state index in [9.17, 15) is 27.9 Å². The molecule has 0 spiro atoms. The fourth-order valence-corrected chi connectivity index (χ4v) is 6.28. The maximum atomic E-state index is 14.4. The highest BCUT2D eigenvalue weighted by Gasteiger charge is 2.59. The SMILES string of the molecule is COc1ccc(OC(F)(F)F)cc1CN[C@H]1[C@H](C(C)(C)C)[C@@H](C(=O)O)N(C(=O)[C@H](C)c2ccccc2)[C@H]1c1cccnc1OC. The number of likely N-dealkylation sites (tertiary alicyclic amines) is 1. The van der Waals surface area contributed by atoms with Crippen LogP contribution < -0.4 is 19.5 Å². The van der Waals surface area contributed by atoms with Crippen molar-refractivity contribution < 1.29 is 42.1 Å². The predicted molar refractivity (Wildman–Crippen MR) is 160 cm³/mol. The van der Waals surface area contributed by atoms with Crippen LogP contribution in [-0.4, -0.2) is 59.5 Å². The van der Waals surface area contributed by atoms with Crippen LogP contribution in [-0.2, 0) is 16.1 Å². The van der Waals surface area contributed by atoms with Crippen LogP contribution >= 0.6 is 0 Å². The molecule has 0 bridgehead atoms. The molecule has 2 heterocycles. The summed E-state index contributed by atoms with van der Waals surface area (Å²) in [5.41, 5.74) is 0.895. The number of ether oxygens (including phenoxy) is 3. The Morgan fingerprint density at radius 3 is 2.29 bits per heavy atom. The van der Waals surface area contributed by atoms with Crippen LogP contribution in [0, 0.1) is 11.3 Å². The monoisotopic (exact) mass is 629 g/mol. The Hall–Kier alpha value is -4.32. The van der Waals surface area contributed by atoms with Gasteiger partial charge in [-0.1, -0.05) is 51.1 Å². The molecule has 45 heavy (non-hydrogen) atoms. The van der Waals surface area contributed by atoms with Gasteiger partial charge < -0.3 is 29.5 Å². The lowest BCUT2D eigenvalue weighted by atomic mass is 9.72. The minimum absolute atomic E-state index is 0.0306. The number of carboxylic acid groups (broad SMARTS) is 1. The van der Waals surface area contributed by atoms with Gasteiger partial charge in [0.25, 0.3) is 0 Å². The maximum absolute atomic E-state index is 14.4. The number of amides is 1. The fraction of sp³-hybridized carbons (Fsp3) is 0.424. The third kappa shape index (κ3) is 7.33. The number of hydrogen-bond donors (Lipinski definition) is 2. The van der Waals surface area contributed by atoms with Crippen molar-refractivity contribution in [1.29, 1.82) is 0 Å². The van der Waals surface area contributed by atoms with Gasteiger partial charge in [0.15, 0.2) is 0 Å². The smallest absolute Gasteiger partial charge is 0.496 e. The van der Waals surface area contributed by atoms with Gasteiger partial charge >= 0.3 is 12.3 Å². The van der Waals surface area contributed by atoms with Crippen molar-refractivity contribution in [3.8, 4) is 17.4 Å². The van der Waals surface area contributed by atoms with Gasteiger partial charge in [0, 0.05) is 35.8 Å². The summed E-state index contributed by atoms with van der Waals surface area (Å²) >= 11 is 0. The van der Waals surface area contributed by atoms with E-state index in [4.69, 9.17) is 9.47 Å². The van der Waals surface area contributed by atoms with E-state index < -0.39 is 59.4 Å². The van der Waals surface area contributed by atoms with Crippen molar-refractivity contribution in [2.24, 2.45) is 11.3 Å². The average Bonchev–Trinajstić information content (AvgIpc) is 3.35. The molecule has 0 aliphatic carbocycles. The zero-order chi connectivity index (χ0) is 33.1. The predicted octanol–water partition coefficient (Wildman–Crippen LogP) is 5.96. The number of rotatable bonds is 10. The van der Waals surface area contributed by atoms with Crippen molar-refractivity contribution in [2.75, 3.05) is 14.2 Å². The molecular weight excluding hydrogens is 591 g/mol. The number of aromatic nitrogens is 1. The highest BCUT2D eigenvalue weighted by atomic mass is 19.4. The number of hydrogen-bond acceptors (Lipinski definition) is 7. The first-order valence-electron chi connectivity index (χ1n) is 14.4. The molecule has 0 radical (unpaired) electrons. The molecular formula is C33H38F3N3O6. The van der Waals surface area contributed by atoms with E-state index in [0.717, 1.165) is 11.6 Å². The van der Waals surface area contributed by atoms with Gasteiger partial charge in [0.1, 0.15) is 17.5 Å². The highest BCUT2D eigenvalue weighted by Crippen LogP contribution is 2.50. The van der Waals surface area contributed by atoms with Gasteiger partial charge in [-0.2, -0.15) is 0 Å². The van der Waals surface area contributed by atoms with Gasteiger partial charge in [-0.15, -0.1) is 13.2 Å². The standard InChI is InChI=1S/C33H38F3N3O6/c1-19(20-11-8-7-9-12-20)30(40)39-27(23-13-10-16-37-29(23)44-6)26(25(32(2,3)4)28(39)31(41)42)38-18-21-17-22(45-33(34,35)36)14-15-24(21)43-5/h7-17,19,25-28,38H,18H2,1-6H3,(H,41,42)/t19-,25+,26+,27+,28+/m1/s1. The second-order valence-electron chi connectivity index (χ2n) is 12.0. The van der Waals surface area contributed by atoms with Gasteiger partial charge in [0.2, 0.25) is 11.8 Å². The molecule has 1 saturated heterocycles. The molecule has 3 aromatic rings. The summed E-state index contributed by atoms with van der Waals surface area (Å²) in [6.45, 7) is 7.39. The quantitative estimate of drug-likeness (QED) is 0.283. The fourth-order valence-electron chi connectivity index (χ4n) is 6.28. The Bertz CT molecular complexity index is 1490. The summed E-state index contributed by atoms with van der Waals surface area (Å²) in [7, 11) is 2.83. The highest BCUT2D eigenvalue weighted by molar-refractivity contribution is 5.89. The van der Waals surface area contributed by atoms with Crippen LogP contribution in [0.3, 0.4) is 0 Å². The van der Waals surface area contributed by atoms with Crippen LogP contribution in [0.4, 0.5) is 13.2 Å². The lowest BCUT2D eigenvalue weighted by molar-refractivity contribution is -0.274. The summed E-state index contributed by atoms with van der Waals surface area (Å²) in [5.74, 6) is -2.85. The Kier molecular flexibility index (Phi) is 9.96. The van der Waals surface area contributed by atoms with Crippen molar-refractivity contribution >= 4 is 11.9 Å². The summed E-state index contributed by atoms with van der Waals surface area (Å²) in [4.78, 5) is 33.3. The van der Waals surface area contributed by atoms with Crippen LogP contribution in [0.25, 0.3) is 0 Å². The van der Waals surface area contributed by atoms with Crippen LogP contribution in [0.2, 0.25) is 0 Å². The van der Waals surface area contributed by atoms with Crippen molar-refractivity contribution in [1.82, 2.24) is 15.2 Å². The van der Waals surface area contributed by atoms with E-state index in [1.54, 1.807) is 19.1 Å². The molecule has 1 aliphatic heterocycles. The summed E-state index contributed by atoms with van der Waals surface area (Å²) in [5, 5.41) is 14.1. The van der Waals surface area contributed by atoms with Crippen molar-refractivity contribution in [3.05, 3.63) is 83.6 Å². The zero-order valence-corrected chi connectivity index (χ0v) is 26.0. The number of benzene rings is 2. The number of pyridine rings is 1. The van der Waals surface area contributed by atoms with E-state index in [1.165, 1.54) is 37.4 Å². The van der Waals surface area contributed by atoms with Gasteiger partial charge in [-0.25, -0.2) is 9.78 Å². The molecule has 1 aromatic heterocycles. The Morgan fingerprint density at radius 1 is 1.02 bits per heavy atom. The molecule has 9 nitrogen and oxygen atoms in total. The van der Waals surface area contributed by atoms with E-state index in [2.05, 4.69) is 15.0 Å². The molecule has 242 valence electrons. The molecule has 12 heteroatoms. The number of nitrogens with one attached hydrogen (secondary N) is 1. The minimum atomic E-state index is -4.89. The molecule has 2 aromatic carbocycles. The van der Waals surface area contributed by atoms with Gasteiger partial charge in [-0.05, 0) is 48.2 Å². The maximum Gasteiger partial charge on any atom is 0.573 e. The first kappa shape index (κ1) is 33.6. The lowest BCUT2D eigenvalue weighted by Crippen LogP contribution is -2.48. The molecule has 5 atom stereocenters. The van der Waals surface area contributed by atoms with Crippen molar-refractivity contribution in [2.45, 2.75) is 64.6 Å². The topological polar surface area (TPSA) is 110 Å². The second kappa shape index (κ2) is 13.4. The number of halogens is 3. The van der Waals surface area contributed by atoms with Crippen LogP contribution in [0.1, 0.15) is 56.3 Å². The molecule has 0 saturated carbocycles. The Labute approximate surface area is 260 Å². The van der Waals surface area contributed by atoms with E-state index >= 15 is 0 Å². The third-order valence-corrected chi connectivity index (χ3v) is 8.17. The summed E-state index contributed by atoms with van der Waals surface area (Å²) in [6, 6.07) is 13.4. The van der Waals surface area contributed by atoms with Gasteiger partial charge in [-0.3, -0.25) is 4.79 Å². The molecule has 1 amide bonds. The van der Waals surface area contributed by atoms with Crippen LogP contribution in [0.15, 0.2) is 66.9 Å². The number of carbonyl (C=O) groups is 2. The molecule has 4 rings (SSSR count). The third-order valence-electron chi connectivity index (χ3n) is 8.17. The molecule has 0 unspecified atom stereocenters. The number of nitrogens with zero attached hydrogens (tertiary/aromatic N) is 2. The first-order chi connectivity index (χ1) is 21.2. The number of carboxylic acids is 1. The summed E-state index contributed by atoms with van der Waals surface area (Å²) < 4.78 is 54.2. The average molecular weight is 630 g/mol. The molecule has 1 aliphatic rings. The number of methoxy groups -OCH3 is 2. The first-order valence-corrected chi connectivity index (χ1v) is 14.4. The molecule has 1 fully saturated rings. The summed E-state index contributed by atoms with van der Waals surface area (Å²) in [6.07, 6.45) is -3.36. The number of alkyl halides is 3. The van der Waals surface area contributed by atoms with Crippen molar-refractivity contribution in [3.63, 3.8) is 0 Å². The number of carbonyl (C=O) groups excluding carboxylic acids is 1. The van der Waals surface area contributed by atoms with Crippen LogP contribution in [0.5, 0.6) is 17.4 Å². The Balaban J connectivity index is 1.87. The molecule has 2 N–H and O–H groups in total. The van der Waals surface area contributed by atoms with E-state index in [-0.39, 0.29) is 12.4 Å². The van der Waals surface area contributed by atoms with E-state index in [0.29, 0.717) is 16.9 Å². The van der Waals surface area contributed by atoms with E-state index in [1.807, 2.05) is 51.1 Å². The largest absolute Gasteiger partial charge is 0.573 e. The Morgan fingerprint density at radius 2 is 1.71 bits per heavy atom. The number of aliphatic carboxylic acids is 1. The normalized spacial score (nSPS) is 20.9. The lowest BCUT2D eigenvalue weighted by Gasteiger charge is -2.35. The minimum Gasteiger partial charge on any atom is -0.496 e. The zero-order valence-electron chi connectivity index (χ0n) is 26.0.